The molecule has 0 saturated carbocycles. The van der Waals surface area contributed by atoms with E-state index in [2.05, 4.69) is 28.9 Å². The molecule has 4 aromatic rings. The van der Waals surface area contributed by atoms with Gasteiger partial charge in [-0.05, 0) is 68.7 Å². The minimum atomic E-state index is -2.66. The summed E-state index contributed by atoms with van der Waals surface area (Å²) in [6.07, 6.45) is 5.66. The van der Waals surface area contributed by atoms with E-state index in [0.29, 0.717) is 41.4 Å². The van der Waals surface area contributed by atoms with Gasteiger partial charge in [0.15, 0.2) is 16.9 Å². The van der Waals surface area contributed by atoms with E-state index < -0.39 is 18.6 Å². The minimum absolute atomic E-state index is 0.0250. The molecule has 3 aliphatic heterocycles. The Hall–Kier alpha value is -3.92. The summed E-state index contributed by atoms with van der Waals surface area (Å²) in [4.78, 5) is 23.4. The molecule has 3 atom stereocenters. The second-order valence-electron chi connectivity index (χ2n) is 11.5. The number of pyridine rings is 1. The number of aromatic carboxylic acids is 1. The lowest BCUT2D eigenvalue weighted by molar-refractivity contribution is -0.0593. The normalized spacial score (nSPS) is 24.2. The summed E-state index contributed by atoms with van der Waals surface area (Å²) in [6.45, 7) is 6.58. The van der Waals surface area contributed by atoms with Gasteiger partial charge < -0.3 is 23.9 Å². The van der Waals surface area contributed by atoms with Gasteiger partial charge >= 0.3 is 5.97 Å². The molecule has 0 aliphatic carbocycles. The first-order valence-electron chi connectivity index (χ1n) is 15.9. The molecule has 43 heavy (non-hydrogen) atoms. The van der Waals surface area contributed by atoms with Crippen LogP contribution in [0.4, 0.5) is 0 Å². The number of hydrogen-bond acceptors (Lipinski definition) is 7. The fourth-order valence-electron chi connectivity index (χ4n) is 6.36. The Balaban J connectivity index is 1.23. The first-order valence-corrected chi connectivity index (χ1v) is 14.7. The van der Waals surface area contributed by atoms with Crippen molar-refractivity contribution in [2.75, 3.05) is 20.2 Å². The number of ether oxygens (including phenoxy) is 3. The van der Waals surface area contributed by atoms with Crippen molar-refractivity contribution in [1.29, 1.82) is 0 Å². The highest BCUT2D eigenvalue weighted by Gasteiger charge is 2.37. The van der Waals surface area contributed by atoms with E-state index in [1.165, 1.54) is 17.7 Å². The number of aromatic nitrogens is 3. The Morgan fingerprint density at radius 3 is 2.88 bits per heavy atom. The van der Waals surface area contributed by atoms with Crippen LogP contribution in [0.25, 0.3) is 17.2 Å². The van der Waals surface area contributed by atoms with Crippen LogP contribution in [-0.2, 0) is 29.8 Å². The molecule has 7 rings (SSSR count). The molecule has 2 aromatic heterocycles. The van der Waals surface area contributed by atoms with E-state index >= 15 is 0 Å². The van der Waals surface area contributed by atoms with Crippen molar-refractivity contribution in [2.24, 2.45) is 0 Å². The molecular weight excluding hydrogens is 568 g/mol. The van der Waals surface area contributed by atoms with Crippen LogP contribution >= 0.6 is 11.6 Å². The number of carbonyl (C=O) groups is 1. The van der Waals surface area contributed by atoms with Crippen molar-refractivity contribution in [2.45, 2.75) is 57.5 Å². The molecule has 5 heterocycles. The molecule has 0 spiro atoms. The molecule has 1 N–H and O–H groups in total. The van der Waals surface area contributed by atoms with Gasteiger partial charge in [-0.2, -0.15) is 0 Å². The quantitative estimate of drug-likeness (QED) is 0.274. The minimum Gasteiger partial charge on any atom is -0.496 e. The Kier molecular flexibility index (Phi) is 6.08. The molecule has 2 aromatic carbocycles. The number of benzene rings is 2. The van der Waals surface area contributed by atoms with Crippen molar-refractivity contribution >= 4 is 34.8 Å². The van der Waals surface area contributed by atoms with Gasteiger partial charge in [0.1, 0.15) is 22.8 Å². The largest absolute Gasteiger partial charge is 0.496 e. The average molecular weight is 604 g/mol. The molecule has 1 fully saturated rings. The van der Waals surface area contributed by atoms with Gasteiger partial charge in [0.2, 0.25) is 0 Å². The van der Waals surface area contributed by atoms with E-state index in [0.717, 1.165) is 42.1 Å². The van der Waals surface area contributed by atoms with Crippen LogP contribution < -0.4 is 9.47 Å². The first-order chi connectivity index (χ1) is 21.9. The highest BCUT2D eigenvalue weighted by Crippen LogP contribution is 2.47. The van der Waals surface area contributed by atoms with E-state index in [9.17, 15) is 9.90 Å². The maximum atomic E-state index is 11.7. The average Bonchev–Trinajstić information content (AvgIpc) is 3.31. The molecular formula is C33H33ClN4O5. The number of methoxy groups -OCH3 is 1. The van der Waals surface area contributed by atoms with Crippen LogP contribution in [0.3, 0.4) is 0 Å². The van der Waals surface area contributed by atoms with Gasteiger partial charge in [-0.1, -0.05) is 29.8 Å². The molecule has 1 saturated heterocycles. The van der Waals surface area contributed by atoms with Crippen molar-refractivity contribution < 1.29 is 28.2 Å². The molecule has 0 amide bonds. The fourth-order valence-corrected chi connectivity index (χ4v) is 6.52. The number of carboxylic acid groups (broad SMARTS) is 1. The smallest absolute Gasteiger partial charge is 0.354 e. The van der Waals surface area contributed by atoms with Gasteiger partial charge in [-0.25, -0.2) is 14.8 Å². The molecule has 0 bridgehead atoms. The van der Waals surface area contributed by atoms with E-state index in [4.69, 9.17) is 34.9 Å². The molecule has 1 unspecified atom stereocenters. The number of fused-ring (bicyclic) bond motifs is 4. The Labute approximate surface area is 258 Å². The van der Waals surface area contributed by atoms with Crippen LogP contribution in [0.5, 0.6) is 11.5 Å². The summed E-state index contributed by atoms with van der Waals surface area (Å²) in [6, 6.07) is 12.3. The number of imidazole rings is 1. The zero-order valence-corrected chi connectivity index (χ0v) is 24.6. The van der Waals surface area contributed by atoms with Crippen LogP contribution in [0, 0.1) is 0 Å². The van der Waals surface area contributed by atoms with Crippen LogP contribution in [0.2, 0.25) is 5.02 Å². The summed E-state index contributed by atoms with van der Waals surface area (Å²) < 4.78 is 43.0. The first kappa shape index (κ1) is 24.5. The zero-order chi connectivity index (χ0) is 32.4. The Bertz CT molecular complexity index is 1890. The topological polar surface area (TPSA) is 98.9 Å². The molecule has 3 aliphatic rings. The van der Waals surface area contributed by atoms with Crippen molar-refractivity contribution in [3.63, 3.8) is 0 Å². The maximum Gasteiger partial charge on any atom is 0.354 e. The third kappa shape index (κ3) is 4.85. The number of halogens is 1. The molecule has 0 radical (unpaired) electrons. The second kappa shape index (κ2) is 10.7. The van der Waals surface area contributed by atoms with Gasteiger partial charge in [0.25, 0.3) is 0 Å². The van der Waals surface area contributed by atoms with Crippen molar-refractivity contribution in [3.8, 4) is 11.5 Å². The molecule has 222 valence electrons. The summed E-state index contributed by atoms with van der Waals surface area (Å²) in [5.41, 5.74) is 3.84. The Morgan fingerprint density at radius 1 is 1.26 bits per heavy atom. The lowest BCUT2D eigenvalue weighted by Crippen LogP contribution is -2.37. The second-order valence-corrected chi connectivity index (χ2v) is 11.9. The van der Waals surface area contributed by atoms with E-state index in [1.807, 2.05) is 23.6 Å². The molecule has 10 heteroatoms. The summed E-state index contributed by atoms with van der Waals surface area (Å²) in [7, 11) is -2.66. The third-order valence-corrected chi connectivity index (χ3v) is 9.08. The summed E-state index contributed by atoms with van der Waals surface area (Å²) in [5, 5.41) is 9.93. The molecule has 9 nitrogen and oxygen atoms in total. The van der Waals surface area contributed by atoms with E-state index in [1.54, 1.807) is 18.2 Å². The number of rotatable bonds is 7. The SMILES string of the molecule is [2H]C([2H])([2H])Oc1cc(Cl)ccc1[C@@]1(C)C=Cc2ccc3c(c2O1)C(C)N(Cc1nc2ccc(C(=O)O)nc2n1C[C@@H]1CCO1)CC3. The van der Waals surface area contributed by atoms with Gasteiger partial charge in [-0.15, -0.1) is 0 Å². The van der Waals surface area contributed by atoms with Crippen LogP contribution in [0.1, 0.15) is 69.0 Å². The zero-order valence-electron chi connectivity index (χ0n) is 26.8. The Morgan fingerprint density at radius 2 is 2.12 bits per heavy atom. The van der Waals surface area contributed by atoms with Crippen LogP contribution in [-0.4, -0.2) is 56.8 Å². The van der Waals surface area contributed by atoms with Crippen LogP contribution in [0.15, 0.2) is 48.5 Å². The van der Waals surface area contributed by atoms with Gasteiger partial charge in [0, 0.05) is 40.9 Å². The predicted molar refractivity (Wildman–Crippen MR) is 163 cm³/mol. The maximum absolute atomic E-state index is 11.7. The third-order valence-electron chi connectivity index (χ3n) is 8.85. The number of nitrogens with zero attached hydrogens (tertiary/aromatic N) is 4. The predicted octanol–water partition coefficient (Wildman–Crippen LogP) is 6.02. The number of hydrogen-bond donors (Lipinski definition) is 1. The highest BCUT2D eigenvalue weighted by atomic mass is 35.5. The van der Waals surface area contributed by atoms with Gasteiger partial charge in [-0.3, -0.25) is 4.90 Å². The monoisotopic (exact) mass is 603 g/mol. The van der Waals surface area contributed by atoms with E-state index in [-0.39, 0.29) is 23.6 Å². The number of carboxylic acids is 1. The fraction of sp³-hybridized carbons (Fsp3) is 0.364. The standard InChI is InChI=1S/C33H33ClN4O5/c1-19-29-20(4-5-21-10-13-33(2,43-30(21)29)24-7-6-22(34)16-27(24)41-3)11-14-37(19)18-28-35-25-8-9-26(32(39)40)36-31(25)38(28)17-23-12-15-42-23/h4-10,13,16,19,23H,11-12,14-15,17-18H2,1-3H3,(H,39,40)/t19?,23-,33+/m0/s1/i3D3. The lowest BCUT2D eigenvalue weighted by Gasteiger charge is -2.40. The lowest BCUT2D eigenvalue weighted by atomic mass is 9.86. The van der Waals surface area contributed by atoms with Crippen molar-refractivity contribution in [3.05, 3.63) is 87.3 Å². The van der Waals surface area contributed by atoms with Gasteiger partial charge in [0.05, 0.1) is 30.3 Å². The summed E-state index contributed by atoms with van der Waals surface area (Å²) in [5.74, 6) is 0.577. The summed E-state index contributed by atoms with van der Waals surface area (Å²) >= 11 is 6.23. The highest BCUT2D eigenvalue weighted by molar-refractivity contribution is 6.30. The van der Waals surface area contributed by atoms with Crippen molar-refractivity contribution in [1.82, 2.24) is 19.4 Å².